The number of rotatable bonds is 13. The number of likely N-dealkylation sites (tertiary alicyclic amines) is 1. The van der Waals surface area contributed by atoms with Crippen molar-refractivity contribution < 1.29 is 14.3 Å². The summed E-state index contributed by atoms with van der Waals surface area (Å²) in [5.41, 5.74) is 1.87. The Morgan fingerprint density at radius 2 is 1.40 bits per heavy atom. The van der Waals surface area contributed by atoms with Gasteiger partial charge >= 0.3 is 5.97 Å². The van der Waals surface area contributed by atoms with Crippen molar-refractivity contribution >= 4 is 11.9 Å². The number of ether oxygens (including phenoxy) is 1. The van der Waals surface area contributed by atoms with Crippen molar-refractivity contribution in [2.24, 2.45) is 5.92 Å². The Labute approximate surface area is 183 Å². The molecule has 4 nitrogen and oxygen atoms in total. The third-order valence-electron chi connectivity index (χ3n) is 6.16. The molecule has 0 aromatic heterocycles. The normalized spacial score (nSPS) is 14.7. The predicted octanol–water partition coefficient (Wildman–Crippen LogP) is 6.31. The Morgan fingerprint density at radius 3 is 1.97 bits per heavy atom. The number of hydrogen-bond acceptors (Lipinski definition) is 3. The third-order valence-corrected chi connectivity index (χ3v) is 6.16. The minimum absolute atomic E-state index is 0.0600. The van der Waals surface area contributed by atoms with Crippen molar-refractivity contribution in [1.82, 2.24) is 4.90 Å². The van der Waals surface area contributed by atoms with E-state index < -0.39 is 0 Å². The second-order valence-electron chi connectivity index (χ2n) is 8.78. The molecular weight excluding hydrogens is 374 g/mol. The lowest BCUT2D eigenvalue weighted by Gasteiger charge is -2.31. The van der Waals surface area contributed by atoms with Crippen molar-refractivity contribution in [2.45, 2.75) is 90.9 Å². The largest absolute Gasteiger partial charge is 0.465 e. The van der Waals surface area contributed by atoms with Crippen LogP contribution in [0.5, 0.6) is 0 Å². The zero-order valence-corrected chi connectivity index (χ0v) is 19.2. The van der Waals surface area contributed by atoms with Gasteiger partial charge in [-0.25, -0.2) is 0 Å². The Bertz CT molecular complexity index is 618. The highest BCUT2D eigenvalue weighted by Crippen LogP contribution is 2.21. The van der Waals surface area contributed by atoms with Crippen molar-refractivity contribution in [3.8, 4) is 0 Å². The van der Waals surface area contributed by atoms with E-state index in [9.17, 15) is 9.59 Å². The van der Waals surface area contributed by atoms with Gasteiger partial charge in [-0.1, -0.05) is 82.4 Å². The molecule has 0 radical (unpaired) electrons. The molecule has 0 aliphatic carbocycles. The number of hydrogen-bond donors (Lipinski definition) is 0. The van der Waals surface area contributed by atoms with E-state index in [1.165, 1.54) is 51.4 Å². The van der Waals surface area contributed by atoms with Crippen molar-refractivity contribution in [3.63, 3.8) is 0 Å². The van der Waals surface area contributed by atoms with Crippen LogP contribution in [-0.4, -0.2) is 36.5 Å². The van der Waals surface area contributed by atoms with Gasteiger partial charge in [-0.2, -0.15) is 0 Å². The fourth-order valence-corrected chi connectivity index (χ4v) is 4.08. The van der Waals surface area contributed by atoms with E-state index in [0.717, 1.165) is 24.0 Å². The van der Waals surface area contributed by atoms with Gasteiger partial charge in [0.2, 0.25) is 0 Å². The van der Waals surface area contributed by atoms with Crippen LogP contribution in [0.25, 0.3) is 0 Å². The van der Waals surface area contributed by atoms with Crippen molar-refractivity contribution in [1.29, 1.82) is 0 Å². The number of carbonyl (C=O) groups is 2. The van der Waals surface area contributed by atoms with Crippen LogP contribution in [0.2, 0.25) is 0 Å². The molecule has 2 rings (SSSR count). The van der Waals surface area contributed by atoms with E-state index in [1.54, 1.807) is 0 Å². The summed E-state index contributed by atoms with van der Waals surface area (Å²) >= 11 is 0. The van der Waals surface area contributed by atoms with E-state index in [2.05, 4.69) is 6.92 Å². The number of piperidine rings is 1. The standard InChI is InChI=1S/C26H41NO3/c1-3-4-5-6-7-8-9-10-11-12-21-30-26(29)24-17-19-27(20-18-24)25(28)23-15-13-22(2)14-16-23/h13-16,24H,3-12,17-21H2,1-2H3. The first kappa shape index (κ1) is 24.4. The van der Waals surface area contributed by atoms with Gasteiger partial charge in [-0.15, -0.1) is 0 Å². The molecule has 168 valence electrons. The highest BCUT2D eigenvalue weighted by Gasteiger charge is 2.28. The second kappa shape index (κ2) is 14.2. The van der Waals surface area contributed by atoms with Crippen LogP contribution in [0.4, 0.5) is 0 Å². The number of nitrogens with zero attached hydrogens (tertiary/aromatic N) is 1. The van der Waals surface area contributed by atoms with Crippen molar-refractivity contribution in [2.75, 3.05) is 19.7 Å². The lowest BCUT2D eigenvalue weighted by atomic mass is 9.96. The first-order chi connectivity index (χ1) is 14.6. The average Bonchev–Trinajstić information content (AvgIpc) is 2.77. The number of carbonyl (C=O) groups excluding carboxylic acids is 2. The molecule has 1 heterocycles. The topological polar surface area (TPSA) is 46.6 Å². The monoisotopic (exact) mass is 415 g/mol. The summed E-state index contributed by atoms with van der Waals surface area (Å²) in [6.45, 7) is 6.07. The molecule has 1 amide bonds. The van der Waals surface area contributed by atoms with Gasteiger partial charge in [-0.05, 0) is 38.3 Å². The van der Waals surface area contributed by atoms with E-state index in [4.69, 9.17) is 4.74 Å². The predicted molar refractivity (Wildman–Crippen MR) is 123 cm³/mol. The molecule has 30 heavy (non-hydrogen) atoms. The molecular formula is C26H41NO3. The summed E-state index contributed by atoms with van der Waals surface area (Å²) in [7, 11) is 0. The van der Waals surface area contributed by atoms with E-state index in [1.807, 2.05) is 36.1 Å². The first-order valence-corrected chi connectivity index (χ1v) is 12.1. The molecule has 0 atom stereocenters. The number of unbranched alkanes of at least 4 members (excludes halogenated alkanes) is 9. The zero-order chi connectivity index (χ0) is 21.6. The van der Waals surface area contributed by atoms with Crippen LogP contribution in [0.1, 0.15) is 99.9 Å². The van der Waals surface area contributed by atoms with Crippen molar-refractivity contribution in [3.05, 3.63) is 35.4 Å². The van der Waals surface area contributed by atoms with Gasteiger partial charge in [0.15, 0.2) is 0 Å². The summed E-state index contributed by atoms with van der Waals surface area (Å²) < 4.78 is 5.50. The summed E-state index contributed by atoms with van der Waals surface area (Å²) in [4.78, 5) is 26.8. The summed E-state index contributed by atoms with van der Waals surface area (Å²) in [5, 5.41) is 0. The Kier molecular flexibility index (Phi) is 11.6. The molecule has 0 saturated carbocycles. The molecule has 1 saturated heterocycles. The van der Waals surface area contributed by atoms with Gasteiger partial charge in [0, 0.05) is 18.7 Å². The Balaban J connectivity index is 1.51. The number of aryl methyl sites for hydroxylation is 1. The lowest BCUT2D eigenvalue weighted by molar-refractivity contribution is -0.150. The molecule has 4 heteroatoms. The Hall–Kier alpha value is -1.84. The molecule has 1 aromatic rings. The third kappa shape index (κ3) is 8.89. The van der Waals surface area contributed by atoms with E-state index >= 15 is 0 Å². The van der Waals surface area contributed by atoms with Crippen LogP contribution in [0.15, 0.2) is 24.3 Å². The molecule has 1 fully saturated rings. The molecule has 0 spiro atoms. The highest BCUT2D eigenvalue weighted by atomic mass is 16.5. The molecule has 0 unspecified atom stereocenters. The van der Waals surface area contributed by atoms with Gasteiger partial charge in [0.25, 0.3) is 5.91 Å². The maximum atomic E-state index is 12.6. The minimum atomic E-state index is -0.0756. The molecule has 0 bridgehead atoms. The van der Waals surface area contributed by atoms with Crippen LogP contribution in [0.3, 0.4) is 0 Å². The smallest absolute Gasteiger partial charge is 0.309 e. The SMILES string of the molecule is CCCCCCCCCCCCOC(=O)C1CCN(C(=O)c2ccc(C)cc2)CC1. The molecule has 1 aromatic carbocycles. The van der Waals surface area contributed by atoms with Crippen LogP contribution in [-0.2, 0) is 9.53 Å². The second-order valence-corrected chi connectivity index (χ2v) is 8.78. The average molecular weight is 416 g/mol. The highest BCUT2D eigenvalue weighted by molar-refractivity contribution is 5.94. The summed E-state index contributed by atoms with van der Waals surface area (Å²) in [6.07, 6.45) is 14.2. The summed E-state index contributed by atoms with van der Waals surface area (Å²) in [5.74, 6) is -0.0734. The molecule has 1 aliphatic rings. The maximum absolute atomic E-state index is 12.6. The fourth-order valence-electron chi connectivity index (χ4n) is 4.08. The van der Waals surface area contributed by atoms with Gasteiger partial charge in [0.05, 0.1) is 12.5 Å². The molecule has 0 N–H and O–H groups in total. The maximum Gasteiger partial charge on any atom is 0.309 e. The number of benzene rings is 1. The summed E-state index contributed by atoms with van der Waals surface area (Å²) in [6, 6.07) is 7.69. The van der Waals surface area contributed by atoms with Gasteiger partial charge in [-0.3, -0.25) is 9.59 Å². The van der Waals surface area contributed by atoms with Gasteiger partial charge < -0.3 is 9.64 Å². The first-order valence-electron chi connectivity index (χ1n) is 12.1. The lowest BCUT2D eigenvalue weighted by Crippen LogP contribution is -2.40. The number of amides is 1. The number of esters is 1. The Morgan fingerprint density at radius 1 is 0.867 bits per heavy atom. The van der Waals surface area contributed by atoms with Crippen LogP contribution >= 0.6 is 0 Å². The quantitative estimate of drug-likeness (QED) is 0.280. The molecule has 1 aliphatic heterocycles. The van der Waals surface area contributed by atoms with Crippen LogP contribution in [0, 0.1) is 12.8 Å². The van der Waals surface area contributed by atoms with Crippen LogP contribution < -0.4 is 0 Å². The zero-order valence-electron chi connectivity index (χ0n) is 19.2. The van der Waals surface area contributed by atoms with E-state index in [0.29, 0.717) is 32.5 Å². The fraction of sp³-hybridized carbons (Fsp3) is 0.692. The van der Waals surface area contributed by atoms with Gasteiger partial charge in [0.1, 0.15) is 0 Å². The van der Waals surface area contributed by atoms with E-state index in [-0.39, 0.29) is 17.8 Å². The minimum Gasteiger partial charge on any atom is -0.465 e.